The lowest BCUT2D eigenvalue weighted by atomic mass is 10.2. The summed E-state index contributed by atoms with van der Waals surface area (Å²) < 4.78 is 32.2. The van der Waals surface area contributed by atoms with E-state index in [4.69, 9.17) is 10.5 Å². The van der Waals surface area contributed by atoms with E-state index >= 15 is 0 Å². The van der Waals surface area contributed by atoms with Gasteiger partial charge >= 0.3 is 0 Å². The highest BCUT2D eigenvalue weighted by atomic mass is 32.2. The quantitative estimate of drug-likeness (QED) is 0.544. The number of amides is 2. The van der Waals surface area contributed by atoms with Crippen molar-refractivity contribution in [3.8, 4) is 5.75 Å². The number of ether oxygens (including phenoxy) is 1. The minimum atomic E-state index is -3.69. The number of aryl methyl sites for hydroxylation is 1. The van der Waals surface area contributed by atoms with Crippen LogP contribution in [0.15, 0.2) is 77.7 Å². The molecule has 3 rings (SSSR count). The number of nitrogens with zero attached hydrogens (tertiary/aromatic N) is 1. The molecule has 3 aromatic carbocycles. The second-order valence-corrected chi connectivity index (χ2v) is 9.03. The average molecular weight is 454 g/mol. The molecule has 0 aliphatic carbocycles. The fourth-order valence-corrected chi connectivity index (χ4v) is 4.02. The van der Waals surface area contributed by atoms with Crippen LogP contribution < -0.4 is 20.1 Å². The minimum Gasteiger partial charge on any atom is -0.484 e. The summed E-state index contributed by atoms with van der Waals surface area (Å²) in [5.41, 5.74) is 7.45. The SMILES string of the molecule is Cc1ccc(S(=O)(=O)N(C)c2ccc(OCC(=O)Nc3ccc(C(N)=O)cc3)cc2)cc1. The van der Waals surface area contributed by atoms with E-state index in [0.29, 0.717) is 22.7 Å². The number of sulfonamides is 1. The topological polar surface area (TPSA) is 119 Å². The van der Waals surface area contributed by atoms with Gasteiger partial charge in [0, 0.05) is 18.3 Å². The first kappa shape index (κ1) is 22.8. The number of hydrogen-bond donors (Lipinski definition) is 2. The molecule has 0 aromatic heterocycles. The van der Waals surface area contributed by atoms with Gasteiger partial charge in [-0.1, -0.05) is 17.7 Å². The lowest BCUT2D eigenvalue weighted by Gasteiger charge is -2.20. The summed E-state index contributed by atoms with van der Waals surface area (Å²) in [6.45, 7) is 1.65. The molecule has 0 bridgehead atoms. The number of benzene rings is 3. The molecule has 8 nitrogen and oxygen atoms in total. The predicted molar refractivity (Wildman–Crippen MR) is 122 cm³/mol. The average Bonchev–Trinajstić information content (AvgIpc) is 2.78. The van der Waals surface area contributed by atoms with Crippen molar-refractivity contribution in [1.29, 1.82) is 0 Å². The summed E-state index contributed by atoms with van der Waals surface area (Å²) in [4.78, 5) is 23.4. The second-order valence-electron chi connectivity index (χ2n) is 7.06. The van der Waals surface area contributed by atoms with Crippen molar-refractivity contribution in [2.24, 2.45) is 5.73 Å². The van der Waals surface area contributed by atoms with E-state index in [1.807, 2.05) is 6.92 Å². The van der Waals surface area contributed by atoms with Crippen LogP contribution in [0.2, 0.25) is 0 Å². The van der Waals surface area contributed by atoms with Gasteiger partial charge in [-0.05, 0) is 67.6 Å². The first-order valence-corrected chi connectivity index (χ1v) is 11.1. The molecule has 0 heterocycles. The summed E-state index contributed by atoms with van der Waals surface area (Å²) >= 11 is 0. The molecule has 0 spiro atoms. The molecule has 3 N–H and O–H groups in total. The number of rotatable bonds is 8. The van der Waals surface area contributed by atoms with Crippen LogP contribution in [0.1, 0.15) is 15.9 Å². The van der Waals surface area contributed by atoms with Crippen LogP contribution in [-0.4, -0.2) is 33.9 Å². The first-order valence-electron chi connectivity index (χ1n) is 9.65. The van der Waals surface area contributed by atoms with Crippen molar-refractivity contribution in [3.63, 3.8) is 0 Å². The van der Waals surface area contributed by atoms with Crippen molar-refractivity contribution in [2.45, 2.75) is 11.8 Å². The number of carbonyl (C=O) groups excluding carboxylic acids is 2. The highest BCUT2D eigenvalue weighted by molar-refractivity contribution is 7.92. The van der Waals surface area contributed by atoms with Crippen LogP contribution in [0, 0.1) is 6.92 Å². The summed E-state index contributed by atoms with van der Waals surface area (Å²) in [5.74, 6) is -0.527. The Balaban J connectivity index is 1.58. The molecule has 0 aliphatic rings. The monoisotopic (exact) mass is 453 g/mol. The van der Waals surface area contributed by atoms with Gasteiger partial charge in [-0.15, -0.1) is 0 Å². The molecule has 0 radical (unpaired) electrons. The Hall–Kier alpha value is -3.85. The Bertz CT molecular complexity index is 1210. The van der Waals surface area contributed by atoms with Gasteiger partial charge in [-0.2, -0.15) is 0 Å². The lowest BCUT2D eigenvalue weighted by Crippen LogP contribution is -2.26. The van der Waals surface area contributed by atoms with E-state index < -0.39 is 15.9 Å². The number of hydrogen-bond acceptors (Lipinski definition) is 5. The summed E-state index contributed by atoms with van der Waals surface area (Å²) in [7, 11) is -2.22. The van der Waals surface area contributed by atoms with E-state index in [2.05, 4.69) is 5.32 Å². The van der Waals surface area contributed by atoms with Gasteiger partial charge < -0.3 is 15.8 Å². The highest BCUT2D eigenvalue weighted by Crippen LogP contribution is 2.24. The lowest BCUT2D eigenvalue weighted by molar-refractivity contribution is -0.118. The number of primary amides is 1. The fraction of sp³-hybridized carbons (Fsp3) is 0.130. The third kappa shape index (κ3) is 5.44. The highest BCUT2D eigenvalue weighted by Gasteiger charge is 2.21. The third-order valence-corrected chi connectivity index (χ3v) is 6.50. The number of anilines is 2. The Morgan fingerprint density at radius 1 is 0.938 bits per heavy atom. The molecule has 0 saturated carbocycles. The maximum absolute atomic E-state index is 12.8. The number of nitrogens with one attached hydrogen (secondary N) is 1. The molecular formula is C23H23N3O5S. The molecule has 9 heteroatoms. The Labute approximate surface area is 186 Å². The van der Waals surface area contributed by atoms with Crippen LogP contribution in [0.25, 0.3) is 0 Å². The van der Waals surface area contributed by atoms with E-state index in [1.54, 1.807) is 60.7 Å². The molecular weight excluding hydrogens is 430 g/mol. The molecule has 0 saturated heterocycles. The van der Waals surface area contributed by atoms with E-state index in [9.17, 15) is 18.0 Å². The van der Waals surface area contributed by atoms with Crippen LogP contribution in [0.3, 0.4) is 0 Å². The van der Waals surface area contributed by atoms with Gasteiger partial charge in [0.15, 0.2) is 6.61 Å². The summed E-state index contributed by atoms with van der Waals surface area (Å²) in [6, 6.07) is 19.2. The maximum atomic E-state index is 12.8. The van der Waals surface area contributed by atoms with Crippen molar-refractivity contribution < 1.29 is 22.7 Å². The second kappa shape index (κ2) is 9.52. The zero-order chi connectivity index (χ0) is 23.3. The third-order valence-electron chi connectivity index (χ3n) is 4.70. The normalized spacial score (nSPS) is 10.9. The van der Waals surface area contributed by atoms with Gasteiger partial charge in [-0.3, -0.25) is 13.9 Å². The number of carbonyl (C=O) groups is 2. The number of nitrogens with two attached hydrogens (primary N) is 1. The minimum absolute atomic E-state index is 0.200. The Kier molecular flexibility index (Phi) is 6.79. The van der Waals surface area contributed by atoms with E-state index in [0.717, 1.165) is 5.56 Å². The van der Waals surface area contributed by atoms with E-state index in [-0.39, 0.29) is 17.4 Å². The van der Waals surface area contributed by atoms with Gasteiger partial charge in [0.25, 0.3) is 15.9 Å². The van der Waals surface area contributed by atoms with Gasteiger partial charge in [0.1, 0.15) is 5.75 Å². The molecule has 0 fully saturated rings. The zero-order valence-electron chi connectivity index (χ0n) is 17.6. The summed E-state index contributed by atoms with van der Waals surface area (Å²) in [5, 5.41) is 2.65. The van der Waals surface area contributed by atoms with Crippen LogP contribution in [0.5, 0.6) is 5.75 Å². The molecule has 2 amide bonds. The van der Waals surface area contributed by atoms with Crippen molar-refractivity contribution in [3.05, 3.63) is 83.9 Å². The molecule has 0 unspecified atom stereocenters. The molecule has 0 aliphatic heterocycles. The fourth-order valence-electron chi connectivity index (χ4n) is 2.82. The van der Waals surface area contributed by atoms with E-state index in [1.165, 1.54) is 23.5 Å². The molecule has 32 heavy (non-hydrogen) atoms. The largest absolute Gasteiger partial charge is 0.484 e. The first-order chi connectivity index (χ1) is 15.2. The van der Waals surface area contributed by atoms with Gasteiger partial charge in [0.2, 0.25) is 5.91 Å². The van der Waals surface area contributed by atoms with Crippen molar-refractivity contribution >= 4 is 33.2 Å². The maximum Gasteiger partial charge on any atom is 0.264 e. The van der Waals surface area contributed by atoms with Crippen LogP contribution >= 0.6 is 0 Å². The van der Waals surface area contributed by atoms with Gasteiger partial charge in [0.05, 0.1) is 10.6 Å². The van der Waals surface area contributed by atoms with Crippen LogP contribution in [0.4, 0.5) is 11.4 Å². The zero-order valence-corrected chi connectivity index (χ0v) is 18.4. The van der Waals surface area contributed by atoms with Crippen LogP contribution in [-0.2, 0) is 14.8 Å². The predicted octanol–water partition coefficient (Wildman–Crippen LogP) is 2.94. The van der Waals surface area contributed by atoms with Crippen molar-refractivity contribution in [2.75, 3.05) is 23.3 Å². The molecule has 166 valence electrons. The summed E-state index contributed by atoms with van der Waals surface area (Å²) in [6.07, 6.45) is 0. The smallest absolute Gasteiger partial charge is 0.264 e. The standard InChI is InChI=1S/C23H23N3O5S/c1-16-3-13-21(14-4-16)32(29,30)26(2)19-9-11-20(12-10-19)31-15-22(27)25-18-7-5-17(6-8-18)23(24)28/h3-14H,15H2,1-2H3,(H2,24,28)(H,25,27). The molecule has 0 atom stereocenters. The Morgan fingerprint density at radius 2 is 1.53 bits per heavy atom. The van der Waals surface area contributed by atoms with Crippen molar-refractivity contribution in [1.82, 2.24) is 0 Å². The molecule has 3 aromatic rings. The van der Waals surface area contributed by atoms with Gasteiger partial charge in [-0.25, -0.2) is 8.42 Å². The Morgan fingerprint density at radius 3 is 2.09 bits per heavy atom.